The highest BCUT2D eigenvalue weighted by molar-refractivity contribution is 5.75. The topological polar surface area (TPSA) is 98.7 Å². The number of aromatic nitrogens is 4. The molecule has 0 aromatic carbocycles. The van der Waals surface area contributed by atoms with E-state index in [-0.39, 0.29) is 18.4 Å². The summed E-state index contributed by atoms with van der Waals surface area (Å²) in [5, 5.41) is 6.64. The number of nitrogens with zero attached hydrogens (tertiary/aromatic N) is 4. The molecule has 0 radical (unpaired) electrons. The molecule has 0 unspecified atom stereocenters. The van der Waals surface area contributed by atoms with Gasteiger partial charge in [-0.15, -0.1) is 5.10 Å². The smallest absolute Gasteiger partial charge is 0.242 e. The standard InChI is InChI=1S/C11H14N6O/c1-8-4-13-3-2-9(8)5-14-10(18)6-17-7-15-11(12)16-17/h2-4,7H,5-6H2,1H3,(H2,12,16)(H,14,18). The fourth-order valence-electron chi connectivity index (χ4n) is 1.48. The third-order valence-corrected chi connectivity index (χ3v) is 2.47. The van der Waals surface area contributed by atoms with Gasteiger partial charge in [0.05, 0.1) is 0 Å². The van der Waals surface area contributed by atoms with Gasteiger partial charge < -0.3 is 11.1 Å². The van der Waals surface area contributed by atoms with Gasteiger partial charge in [0.1, 0.15) is 12.9 Å². The summed E-state index contributed by atoms with van der Waals surface area (Å²) in [6.45, 7) is 2.53. The SMILES string of the molecule is Cc1cnccc1CNC(=O)Cn1cnc(N)n1. The van der Waals surface area contributed by atoms with Crippen LogP contribution < -0.4 is 11.1 Å². The fourth-order valence-corrected chi connectivity index (χ4v) is 1.48. The Morgan fingerprint density at radius 2 is 2.39 bits per heavy atom. The number of anilines is 1. The molecule has 0 fully saturated rings. The summed E-state index contributed by atoms with van der Waals surface area (Å²) in [5.74, 6) is 0.0175. The Morgan fingerprint density at radius 3 is 3.06 bits per heavy atom. The third kappa shape index (κ3) is 3.03. The molecule has 0 saturated heterocycles. The first-order chi connectivity index (χ1) is 8.65. The second-order valence-corrected chi connectivity index (χ2v) is 3.88. The summed E-state index contributed by atoms with van der Waals surface area (Å²) in [6, 6.07) is 1.88. The summed E-state index contributed by atoms with van der Waals surface area (Å²) >= 11 is 0. The lowest BCUT2D eigenvalue weighted by Gasteiger charge is -2.07. The Balaban J connectivity index is 1.87. The summed E-state index contributed by atoms with van der Waals surface area (Å²) in [7, 11) is 0. The van der Waals surface area contributed by atoms with E-state index in [1.54, 1.807) is 12.4 Å². The van der Waals surface area contributed by atoms with Crippen LogP contribution in [0, 0.1) is 6.92 Å². The van der Waals surface area contributed by atoms with Gasteiger partial charge in [0.25, 0.3) is 0 Å². The predicted octanol–water partition coefficient (Wildman–Crippen LogP) is -0.120. The quantitative estimate of drug-likeness (QED) is 0.783. The summed E-state index contributed by atoms with van der Waals surface area (Å²) < 4.78 is 1.39. The van der Waals surface area contributed by atoms with Gasteiger partial charge in [-0.25, -0.2) is 9.67 Å². The lowest BCUT2D eigenvalue weighted by atomic mass is 10.1. The number of aryl methyl sites for hydroxylation is 1. The lowest BCUT2D eigenvalue weighted by molar-refractivity contribution is -0.122. The first-order valence-corrected chi connectivity index (χ1v) is 5.46. The molecule has 18 heavy (non-hydrogen) atoms. The number of pyridine rings is 1. The minimum atomic E-state index is -0.142. The minimum absolute atomic E-state index is 0.105. The van der Waals surface area contributed by atoms with E-state index in [4.69, 9.17) is 5.73 Å². The van der Waals surface area contributed by atoms with Crippen LogP contribution in [-0.2, 0) is 17.9 Å². The normalized spacial score (nSPS) is 10.3. The van der Waals surface area contributed by atoms with Gasteiger partial charge in [0.15, 0.2) is 0 Å². The highest BCUT2D eigenvalue weighted by Gasteiger charge is 2.05. The maximum absolute atomic E-state index is 11.7. The van der Waals surface area contributed by atoms with E-state index in [2.05, 4.69) is 20.4 Å². The fraction of sp³-hybridized carbons (Fsp3) is 0.273. The third-order valence-electron chi connectivity index (χ3n) is 2.47. The molecule has 0 bridgehead atoms. The van der Waals surface area contributed by atoms with Crippen molar-refractivity contribution in [1.82, 2.24) is 25.1 Å². The molecule has 0 atom stereocenters. The molecule has 2 rings (SSSR count). The predicted molar refractivity (Wildman–Crippen MR) is 65.3 cm³/mol. The molecule has 2 aromatic rings. The molecule has 94 valence electrons. The Morgan fingerprint density at radius 1 is 1.56 bits per heavy atom. The van der Waals surface area contributed by atoms with Gasteiger partial charge in [-0.3, -0.25) is 9.78 Å². The monoisotopic (exact) mass is 246 g/mol. The summed E-state index contributed by atoms with van der Waals surface area (Å²) in [4.78, 5) is 19.4. The van der Waals surface area contributed by atoms with Gasteiger partial charge in [0.2, 0.25) is 11.9 Å². The number of nitrogen functional groups attached to an aromatic ring is 1. The van der Waals surface area contributed by atoms with Gasteiger partial charge in [-0.05, 0) is 24.1 Å². The molecule has 0 aliphatic carbocycles. The van der Waals surface area contributed by atoms with Gasteiger partial charge in [-0.2, -0.15) is 0 Å². The molecule has 2 aromatic heterocycles. The molecular formula is C11H14N6O. The second-order valence-electron chi connectivity index (χ2n) is 3.88. The van der Waals surface area contributed by atoms with Crippen molar-refractivity contribution in [2.75, 3.05) is 5.73 Å². The Kier molecular flexibility index (Phi) is 3.52. The first-order valence-electron chi connectivity index (χ1n) is 5.46. The van der Waals surface area contributed by atoms with Crippen LogP contribution in [0.1, 0.15) is 11.1 Å². The zero-order chi connectivity index (χ0) is 13.0. The van der Waals surface area contributed by atoms with Crippen LogP contribution in [0.5, 0.6) is 0 Å². The summed E-state index contributed by atoms with van der Waals surface area (Å²) in [6.07, 6.45) is 4.89. The highest BCUT2D eigenvalue weighted by Crippen LogP contribution is 2.03. The van der Waals surface area contributed by atoms with E-state index in [0.717, 1.165) is 11.1 Å². The van der Waals surface area contributed by atoms with E-state index < -0.39 is 0 Å². The van der Waals surface area contributed by atoms with Crippen LogP contribution >= 0.6 is 0 Å². The lowest BCUT2D eigenvalue weighted by Crippen LogP contribution is -2.27. The average molecular weight is 246 g/mol. The van der Waals surface area contributed by atoms with Crippen molar-refractivity contribution in [1.29, 1.82) is 0 Å². The van der Waals surface area contributed by atoms with Gasteiger partial charge in [-0.1, -0.05) is 0 Å². The minimum Gasteiger partial charge on any atom is -0.367 e. The number of hydrogen-bond donors (Lipinski definition) is 2. The molecule has 0 aliphatic rings. The van der Waals surface area contributed by atoms with Crippen LogP contribution in [0.15, 0.2) is 24.8 Å². The first kappa shape index (κ1) is 12.0. The Labute approximate surface area is 104 Å². The molecule has 3 N–H and O–H groups in total. The zero-order valence-corrected chi connectivity index (χ0v) is 10.00. The molecule has 0 aliphatic heterocycles. The van der Waals surface area contributed by atoms with Crippen molar-refractivity contribution in [3.8, 4) is 0 Å². The van der Waals surface area contributed by atoms with Crippen LogP contribution in [0.4, 0.5) is 5.95 Å². The number of amides is 1. The second kappa shape index (κ2) is 5.26. The Bertz CT molecular complexity index is 550. The van der Waals surface area contributed by atoms with Gasteiger partial charge in [0, 0.05) is 18.9 Å². The summed E-state index contributed by atoms with van der Waals surface area (Å²) in [5.41, 5.74) is 7.44. The number of hydrogen-bond acceptors (Lipinski definition) is 5. The van der Waals surface area contributed by atoms with Crippen molar-refractivity contribution in [3.05, 3.63) is 35.9 Å². The van der Waals surface area contributed by atoms with Crippen LogP contribution in [0.3, 0.4) is 0 Å². The molecule has 2 heterocycles. The van der Waals surface area contributed by atoms with Crippen molar-refractivity contribution >= 4 is 11.9 Å². The van der Waals surface area contributed by atoms with Crippen LogP contribution in [0.2, 0.25) is 0 Å². The van der Waals surface area contributed by atoms with Crippen molar-refractivity contribution in [2.24, 2.45) is 0 Å². The van der Waals surface area contributed by atoms with E-state index >= 15 is 0 Å². The van der Waals surface area contributed by atoms with E-state index in [0.29, 0.717) is 6.54 Å². The average Bonchev–Trinajstić information content (AvgIpc) is 2.74. The van der Waals surface area contributed by atoms with Gasteiger partial charge >= 0.3 is 0 Å². The molecule has 0 saturated carbocycles. The number of nitrogens with two attached hydrogens (primary N) is 1. The zero-order valence-electron chi connectivity index (χ0n) is 10.00. The van der Waals surface area contributed by atoms with Crippen LogP contribution in [0.25, 0.3) is 0 Å². The molecule has 7 nitrogen and oxygen atoms in total. The molecule has 7 heteroatoms. The highest BCUT2D eigenvalue weighted by atomic mass is 16.2. The maximum Gasteiger partial charge on any atom is 0.242 e. The number of rotatable bonds is 4. The van der Waals surface area contributed by atoms with E-state index in [9.17, 15) is 4.79 Å². The maximum atomic E-state index is 11.7. The number of carbonyl (C=O) groups is 1. The van der Waals surface area contributed by atoms with Crippen molar-refractivity contribution in [3.63, 3.8) is 0 Å². The molecular weight excluding hydrogens is 232 g/mol. The van der Waals surface area contributed by atoms with E-state index in [1.807, 2.05) is 13.0 Å². The largest absolute Gasteiger partial charge is 0.367 e. The molecule has 0 spiro atoms. The molecule has 1 amide bonds. The van der Waals surface area contributed by atoms with Crippen molar-refractivity contribution in [2.45, 2.75) is 20.0 Å². The number of carbonyl (C=O) groups excluding carboxylic acids is 1. The van der Waals surface area contributed by atoms with Crippen molar-refractivity contribution < 1.29 is 4.79 Å². The number of nitrogens with one attached hydrogen (secondary N) is 1. The van der Waals surface area contributed by atoms with E-state index in [1.165, 1.54) is 11.0 Å². The van der Waals surface area contributed by atoms with Crippen LogP contribution in [-0.4, -0.2) is 25.7 Å². The Hall–Kier alpha value is -2.44.